The number of piperidine rings is 1. The number of thiophene rings is 1. The summed E-state index contributed by atoms with van der Waals surface area (Å²) in [6.45, 7) is 1.35. The molecule has 5 rings (SSSR count). The molecule has 4 N–H and O–H groups in total. The molecule has 1 amide bonds. The van der Waals surface area contributed by atoms with Crippen molar-refractivity contribution in [1.29, 1.82) is 5.26 Å². The Hall–Kier alpha value is -3.32. The lowest BCUT2D eigenvalue weighted by Crippen LogP contribution is -2.45. The summed E-state index contributed by atoms with van der Waals surface area (Å²) in [7, 11) is 0. The first-order valence-corrected chi connectivity index (χ1v) is 13.2. The highest BCUT2D eigenvalue weighted by Crippen LogP contribution is 2.41. The molecule has 9 heteroatoms. The minimum atomic E-state index is -0.794. The van der Waals surface area contributed by atoms with Crippen molar-refractivity contribution in [3.05, 3.63) is 64.5 Å². The van der Waals surface area contributed by atoms with Crippen LogP contribution >= 0.6 is 11.3 Å². The smallest absolute Gasteiger partial charge is 0.264 e. The molecule has 2 aromatic carbocycles. The van der Waals surface area contributed by atoms with Crippen molar-refractivity contribution >= 4 is 22.9 Å². The van der Waals surface area contributed by atoms with E-state index in [9.17, 15) is 14.3 Å². The monoisotopic (exact) mass is 522 g/mol. The molecule has 1 aliphatic carbocycles. The summed E-state index contributed by atoms with van der Waals surface area (Å²) in [5.74, 6) is -1.30. The van der Waals surface area contributed by atoms with Crippen LogP contribution < -0.4 is 11.1 Å². The second kappa shape index (κ2) is 10.2. The van der Waals surface area contributed by atoms with Crippen molar-refractivity contribution in [3.63, 3.8) is 0 Å². The number of nitriles is 1. The molecule has 1 aromatic heterocycles. The van der Waals surface area contributed by atoms with Crippen LogP contribution in [0, 0.1) is 23.0 Å². The van der Waals surface area contributed by atoms with E-state index >= 15 is 4.39 Å². The van der Waals surface area contributed by atoms with Crippen LogP contribution in [0.2, 0.25) is 0 Å². The van der Waals surface area contributed by atoms with Crippen LogP contribution in [-0.2, 0) is 0 Å². The molecule has 0 bridgehead atoms. The van der Waals surface area contributed by atoms with Crippen LogP contribution in [0.4, 0.5) is 14.5 Å². The van der Waals surface area contributed by atoms with E-state index in [-0.39, 0.29) is 29.7 Å². The number of carbonyl (C=O) groups is 1. The SMILES string of the molecule is N#Cc1ccc(-c2cc(C(=O)N3CCCC(N)C3)sc2-c2ccc(NCC3(O)CCC3)c(F)c2)cc1F. The number of likely N-dealkylation sites (tertiary alicyclic amines) is 1. The lowest BCUT2D eigenvalue weighted by atomic mass is 9.80. The Morgan fingerprint density at radius 1 is 1.16 bits per heavy atom. The van der Waals surface area contributed by atoms with Crippen molar-refractivity contribution in [2.75, 3.05) is 25.0 Å². The first-order valence-electron chi connectivity index (χ1n) is 12.4. The van der Waals surface area contributed by atoms with Crippen LogP contribution in [0.5, 0.6) is 0 Å². The van der Waals surface area contributed by atoms with Crippen molar-refractivity contribution < 1.29 is 18.7 Å². The van der Waals surface area contributed by atoms with Crippen molar-refractivity contribution in [2.45, 2.75) is 43.7 Å². The van der Waals surface area contributed by atoms with Gasteiger partial charge in [0.1, 0.15) is 17.7 Å². The Morgan fingerprint density at radius 3 is 2.57 bits per heavy atom. The molecule has 2 heterocycles. The van der Waals surface area contributed by atoms with Gasteiger partial charge in [-0.05, 0) is 73.6 Å². The number of anilines is 1. The number of nitrogens with zero attached hydrogens (tertiary/aromatic N) is 2. The minimum absolute atomic E-state index is 0.0728. The first kappa shape index (κ1) is 25.3. The van der Waals surface area contributed by atoms with Gasteiger partial charge in [0, 0.05) is 36.1 Å². The van der Waals surface area contributed by atoms with E-state index in [1.54, 1.807) is 29.2 Å². The molecule has 6 nitrogen and oxygen atoms in total. The van der Waals surface area contributed by atoms with Crippen LogP contribution in [0.25, 0.3) is 21.6 Å². The van der Waals surface area contributed by atoms with Gasteiger partial charge >= 0.3 is 0 Å². The van der Waals surface area contributed by atoms with Crippen molar-refractivity contribution in [1.82, 2.24) is 4.90 Å². The van der Waals surface area contributed by atoms with E-state index < -0.39 is 17.2 Å². The maximum Gasteiger partial charge on any atom is 0.264 e. The van der Waals surface area contributed by atoms with Crippen LogP contribution in [0.1, 0.15) is 47.3 Å². The highest BCUT2D eigenvalue weighted by atomic mass is 32.1. The Balaban J connectivity index is 1.50. The summed E-state index contributed by atoms with van der Waals surface area (Å²) in [4.78, 5) is 16.1. The van der Waals surface area contributed by atoms with E-state index in [4.69, 9.17) is 11.0 Å². The number of halogens is 2. The fourth-order valence-electron chi connectivity index (χ4n) is 4.87. The molecule has 1 aliphatic heterocycles. The summed E-state index contributed by atoms with van der Waals surface area (Å²) in [6.07, 6.45) is 4.04. The predicted molar refractivity (Wildman–Crippen MR) is 140 cm³/mol. The summed E-state index contributed by atoms with van der Waals surface area (Å²) < 4.78 is 29.6. The van der Waals surface area contributed by atoms with Gasteiger partial charge in [-0.15, -0.1) is 11.3 Å². The Morgan fingerprint density at radius 2 is 1.92 bits per heavy atom. The van der Waals surface area contributed by atoms with E-state index in [0.717, 1.165) is 19.3 Å². The molecule has 1 saturated heterocycles. The van der Waals surface area contributed by atoms with Gasteiger partial charge in [0.15, 0.2) is 0 Å². The van der Waals surface area contributed by atoms with Crippen molar-refractivity contribution in [2.24, 2.45) is 5.73 Å². The Labute approximate surface area is 218 Å². The van der Waals surface area contributed by atoms with E-state index in [2.05, 4.69) is 5.32 Å². The summed E-state index contributed by atoms with van der Waals surface area (Å²) in [5.41, 5.74) is 7.11. The number of nitrogens with one attached hydrogen (secondary N) is 1. The number of nitrogens with two attached hydrogens (primary N) is 1. The summed E-state index contributed by atoms with van der Waals surface area (Å²) in [5, 5.41) is 22.4. The van der Waals surface area contributed by atoms with E-state index in [0.29, 0.717) is 52.4 Å². The number of rotatable bonds is 6. The van der Waals surface area contributed by atoms with Gasteiger partial charge in [-0.25, -0.2) is 8.78 Å². The normalized spacial score (nSPS) is 18.7. The van der Waals surface area contributed by atoms with Crippen LogP contribution in [-0.4, -0.2) is 47.2 Å². The van der Waals surface area contributed by atoms with Gasteiger partial charge in [-0.3, -0.25) is 4.79 Å². The molecule has 1 saturated carbocycles. The lowest BCUT2D eigenvalue weighted by molar-refractivity contribution is -0.0202. The maximum atomic E-state index is 15.1. The molecular weight excluding hydrogens is 494 g/mol. The molecule has 3 aromatic rings. The lowest BCUT2D eigenvalue weighted by Gasteiger charge is -2.36. The third-order valence-corrected chi connectivity index (χ3v) is 8.38. The molecule has 37 heavy (non-hydrogen) atoms. The van der Waals surface area contributed by atoms with Gasteiger partial charge in [-0.2, -0.15) is 5.26 Å². The van der Waals surface area contributed by atoms with Gasteiger partial charge in [-0.1, -0.05) is 12.1 Å². The van der Waals surface area contributed by atoms with E-state index in [1.807, 2.05) is 6.07 Å². The third-order valence-electron chi connectivity index (χ3n) is 7.21. The number of hydrogen-bond donors (Lipinski definition) is 3. The molecule has 0 spiro atoms. The molecular formula is C28H28F2N4O2S. The maximum absolute atomic E-state index is 15.1. The Bertz CT molecular complexity index is 1380. The summed E-state index contributed by atoms with van der Waals surface area (Å²) >= 11 is 1.22. The fraction of sp³-hybridized carbons (Fsp3) is 0.357. The number of amides is 1. The second-order valence-corrected chi connectivity index (χ2v) is 11.0. The molecule has 192 valence electrons. The standard InChI is InChI=1S/C28H28F2N4O2S/c29-22-11-17(4-5-19(22)14-31)21-13-25(27(35)34-10-1-3-20(32)15-34)37-26(21)18-6-7-24(23(30)12-18)33-16-28(36)8-2-9-28/h4-7,11-13,20,33,36H,1-3,8-10,15-16,32H2. The van der Waals surface area contributed by atoms with Gasteiger partial charge in [0.05, 0.1) is 21.7 Å². The molecule has 1 atom stereocenters. The fourth-order valence-corrected chi connectivity index (χ4v) is 6.01. The highest BCUT2D eigenvalue weighted by Gasteiger charge is 2.34. The van der Waals surface area contributed by atoms with Crippen molar-refractivity contribution in [3.8, 4) is 27.6 Å². The number of carbonyl (C=O) groups excluding carboxylic acids is 1. The average Bonchev–Trinajstić information content (AvgIpc) is 3.32. The molecule has 2 fully saturated rings. The zero-order valence-corrected chi connectivity index (χ0v) is 21.1. The van der Waals surface area contributed by atoms with Crippen LogP contribution in [0.15, 0.2) is 42.5 Å². The van der Waals surface area contributed by atoms with Crippen LogP contribution in [0.3, 0.4) is 0 Å². The Kier molecular flexibility index (Phi) is 6.99. The molecule has 0 radical (unpaired) electrons. The van der Waals surface area contributed by atoms with Gasteiger partial charge in [0.2, 0.25) is 0 Å². The minimum Gasteiger partial charge on any atom is -0.388 e. The second-order valence-electron chi connectivity index (χ2n) is 9.94. The zero-order valence-electron chi connectivity index (χ0n) is 20.3. The highest BCUT2D eigenvalue weighted by molar-refractivity contribution is 7.18. The number of aliphatic hydroxyl groups is 1. The zero-order chi connectivity index (χ0) is 26.2. The largest absolute Gasteiger partial charge is 0.388 e. The first-order chi connectivity index (χ1) is 17.8. The summed E-state index contributed by atoms with van der Waals surface area (Å²) in [6, 6.07) is 12.5. The topological polar surface area (TPSA) is 102 Å². The number of benzene rings is 2. The van der Waals surface area contributed by atoms with Gasteiger partial charge < -0.3 is 21.1 Å². The molecule has 2 aliphatic rings. The van der Waals surface area contributed by atoms with E-state index in [1.165, 1.54) is 29.5 Å². The quantitative estimate of drug-likeness (QED) is 0.417. The number of hydrogen-bond acceptors (Lipinski definition) is 6. The average molecular weight is 523 g/mol. The predicted octanol–water partition coefficient (Wildman–Crippen LogP) is 5.12. The third kappa shape index (κ3) is 5.23. The molecule has 1 unspecified atom stereocenters. The van der Waals surface area contributed by atoms with Gasteiger partial charge in [0.25, 0.3) is 5.91 Å².